The number of aryl methyl sites for hydroxylation is 1. The number of rotatable bonds is 8. The van der Waals surface area contributed by atoms with Crippen LogP contribution in [0.15, 0.2) is 12.1 Å². The lowest BCUT2D eigenvalue weighted by Gasteiger charge is -2.27. The van der Waals surface area contributed by atoms with E-state index in [1.165, 1.54) is 9.75 Å². The molecule has 0 spiro atoms. The molecule has 0 aliphatic carbocycles. The largest absolute Gasteiger partial charge is 0.444 e. The third-order valence-corrected chi connectivity index (χ3v) is 4.85. The van der Waals surface area contributed by atoms with E-state index in [0.29, 0.717) is 12.6 Å². The fraction of sp³-hybridized carbons (Fsp3) is 0.722. The molecule has 23 heavy (non-hydrogen) atoms. The normalized spacial score (nSPS) is 13.0. The number of carbonyl (C=O) groups is 1. The summed E-state index contributed by atoms with van der Waals surface area (Å²) in [6, 6.07) is 4.70. The molecule has 0 radical (unpaired) electrons. The van der Waals surface area contributed by atoms with Gasteiger partial charge < -0.3 is 15.0 Å². The van der Waals surface area contributed by atoms with Crippen LogP contribution in [-0.4, -0.2) is 36.2 Å². The highest BCUT2D eigenvalue weighted by Gasteiger charge is 2.21. The van der Waals surface area contributed by atoms with Crippen LogP contribution in [0.3, 0.4) is 0 Å². The van der Waals surface area contributed by atoms with Gasteiger partial charge in [-0.2, -0.15) is 0 Å². The maximum absolute atomic E-state index is 12.2. The number of nitrogens with one attached hydrogen (secondary N) is 1. The summed E-state index contributed by atoms with van der Waals surface area (Å²) in [6.45, 7) is 14.3. The molecule has 1 heterocycles. The predicted octanol–water partition coefficient (Wildman–Crippen LogP) is 4.61. The molecule has 4 nitrogen and oxygen atoms in total. The Bertz CT molecular complexity index is 480. The molecule has 5 heteroatoms. The maximum Gasteiger partial charge on any atom is 0.410 e. The third kappa shape index (κ3) is 7.36. The van der Waals surface area contributed by atoms with Crippen molar-refractivity contribution in [1.29, 1.82) is 0 Å². The van der Waals surface area contributed by atoms with Gasteiger partial charge in [0.1, 0.15) is 5.60 Å². The van der Waals surface area contributed by atoms with Crippen LogP contribution in [0, 0.1) is 0 Å². The van der Waals surface area contributed by atoms with Crippen LogP contribution in [0.25, 0.3) is 0 Å². The Hall–Kier alpha value is -1.07. The average molecular weight is 341 g/mol. The number of amides is 1. The van der Waals surface area contributed by atoms with Crippen molar-refractivity contribution >= 4 is 17.4 Å². The highest BCUT2D eigenvalue weighted by Crippen LogP contribution is 2.23. The van der Waals surface area contributed by atoms with E-state index >= 15 is 0 Å². The summed E-state index contributed by atoms with van der Waals surface area (Å²) in [6.07, 6.45) is 1.79. The zero-order valence-corrected chi connectivity index (χ0v) is 16.3. The van der Waals surface area contributed by atoms with Crippen molar-refractivity contribution in [2.24, 2.45) is 0 Å². The summed E-state index contributed by atoms with van der Waals surface area (Å²) < 4.78 is 5.47. The molecular weight excluding hydrogens is 308 g/mol. The van der Waals surface area contributed by atoms with Crippen molar-refractivity contribution in [2.75, 3.05) is 19.6 Å². The van der Waals surface area contributed by atoms with Gasteiger partial charge in [-0.1, -0.05) is 13.8 Å². The molecule has 1 aromatic heterocycles. The fourth-order valence-corrected chi connectivity index (χ4v) is 3.20. The Morgan fingerprint density at radius 2 is 2.00 bits per heavy atom. The molecule has 0 aromatic carbocycles. The molecule has 0 aliphatic heterocycles. The van der Waals surface area contributed by atoms with Crippen molar-refractivity contribution in [2.45, 2.75) is 66.0 Å². The van der Waals surface area contributed by atoms with Crippen LogP contribution in [0.2, 0.25) is 0 Å². The number of nitrogens with zero attached hydrogens (tertiary/aromatic N) is 1. The second-order valence-corrected chi connectivity index (χ2v) is 8.00. The van der Waals surface area contributed by atoms with Gasteiger partial charge in [0, 0.05) is 35.4 Å². The van der Waals surface area contributed by atoms with E-state index in [2.05, 4.69) is 38.2 Å². The summed E-state index contributed by atoms with van der Waals surface area (Å²) in [5.41, 5.74) is -0.447. The first-order valence-corrected chi connectivity index (χ1v) is 9.38. The summed E-state index contributed by atoms with van der Waals surface area (Å²) >= 11 is 1.86. The topological polar surface area (TPSA) is 41.6 Å². The molecule has 0 bridgehead atoms. The average Bonchev–Trinajstić information content (AvgIpc) is 2.93. The number of hydrogen-bond donors (Lipinski definition) is 1. The second-order valence-electron chi connectivity index (χ2n) is 6.80. The van der Waals surface area contributed by atoms with Crippen molar-refractivity contribution < 1.29 is 9.53 Å². The van der Waals surface area contributed by atoms with Crippen LogP contribution in [0.5, 0.6) is 0 Å². The van der Waals surface area contributed by atoms with Crippen molar-refractivity contribution in [3.63, 3.8) is 0 Å². The van der Waals surface area contributed by atoms with E-state index in [-0.39, 0.29) is 6.09 Å². The van der Waals surface area contributed by atoms with Crippen LogP contribution in [-0.2, 0) is 11.2 Å². The van der Waals surface area contributed by atoms with Gasteiger partial charge in [0.05, 0.1) is 0 Å². The molecular formula is C18H32N2O2S. The zero-order chi connectivity index (χ0) is 17.5. The summed E-state index contributed by atoms with van der Waals surface area (Å²) in [7, 11) is 0. The lowest BCUT2D eigenvalue weighted by molar-refractivity contribution is 0.0251. The van der Waals surface area contributed by atoms with E-state index in [1.807, 2.05) is 32.1 Å². The molecule has 1 unspecified atom stereocenters. The monoisotopic (exact) mass is 340 g/mol. The lowest BCUT2D eigenvalue weighted by atomic mass is 10.2. The van der Waals surface area contributed by atoms with E-state index in [1.54, 1.807) is 4.90 Å². The van der Waals surface area contributed by atoms with Crippen LogP contribution in [0.4, 0.5) is 4.79 Å². The van der Waals surface area contributed by atoms with Crippen LogP contribution < -0.4 is 5.32 Å². The minimum Gasteiger partial charge on any atom is -0.444 e. The number of ether oxygens (including phenoxy) is 1. The molecule has 132 valence electrons. The van der Waals surface area contributed by atoms with Gasteiger partial charge in [-0.15, -0.1) is 11.3 Å². The molecule has 0 saturated heterocycles. The standard InChI is InChI=1S/C18H32N2O2S/c1-7-12-20(17(21)22-18(4,5)6)13-11-19-14(3)16-10-9-15(8-2)23-16/h9-10,14,19H,7-8,11-13H2,1-6H3. The summed E-state index contributed by atoms with van der Waals surface area (Å²) in [5.74, 6) is 0. The molecule has 0 saturated carbocycles. The van der Waals surface area contributed by atoms with Gasteiger partial charge in [0.15, 0.2) is 0 Å². The highest BCUT2D eigenvalue weighted by molar-refractivity contribution is 7.12. The Labute approximate surface area is 145 Å². The van der Waals surface area contributed by atoms with E-state index in [9.17, 15) is 4.79 Å². The Morgan fingerprint density at radius 3 is 2.52 bits per heavy atom. The number of thiophene rings is 1. The van der Waals surface area contributed by atoms with Crippen LogP contribution in [0.1, 0.15) is 63.8 Å². The lowest BCUT2D eigenvalue weighted by Crippen LogP contribution is -2.41. The molecule has 1 aromatic rings. The Balaban J connectivity index is 2.47. The quantitative estimate of drug-likeness (QED) is 0.751. The minimum atomic E-state index is -0.447. The summed E-state index contributed by atoms with van der Waals surface area (Å²) in [5, 5.41) is 3.50. The van der Waals surface area contributed by atoms with Gasteiger partial charge in [-0.05, 0) is 52.7 Å². The van der Waals surface area contributed by atoms with Crippen LogP contribution >= 0.6 is 11.3 Å². The SMILES string of the molecule is CCCN(CCNC(C)c1ccc(CC)s1)C(=O)OC(C)(C)C. The minimum absolute atomic E-state index is 0.224. The number of carbonyl (C=O) groups excluding carboxylic acids is 1. The smallest absolute Gasteiger partial charge is 0.410 e. The third-order valence-electron chi connectivity index (χ3n) is 3.44. The number of hydrogen-bond acceptors (Lipinski definition) is 4. The molecule has 1 N–H and O–H groups in total. The molecule has 1 amide bonds. The molecule has 1 rings (SSSR count). The molecule has 0 fully saturated rings. The summed E-state index contributed by atoms with van der Waals surface area (Å²) in [4.78, 5) is 16.8. The Morgan fingerprint density at radius 1 is 1.30 bits per heavy atom. The predicted molar refractivity (Wildman–Crippen MR) is 98.2 cm³/mol. The molecule has 1 atom stereocenters. The van der Waals surface area contributed by atoms with Crippen molar-refractivity contribution in [3.05, 3.63) is 21.9 Å². The van der Waals surface area contributed by atoms with Gasteiger partial charge in [-0.25, -0.2) is 4.79 Å². The van der Waals surface area contributed by atoms with Gasteiger partial charge in [0.2, 0.25) is 0 Å². The van der Waals surface area contributed by atoms with Gasteiger partial charge in [0.25, 0.3) is 0 Å². The van der Waals surface area contributed by atoms with E-state index in [0.717, 1.165) is 25.9 Å². The zero-order valence-electron chi connectivity index (χ0n) is 15.4. The van der Waals surface area contributed by atoms with E-state index < -0.39 is 5.60 Å². The first-order valence-electron chi connectivity index (χ1n) is 8.56. The van der Waals surface area contributed by atoms with E-state index in [4.69, 9.17) is 4.74 Å². The van der Waals surface area contributed by atoms with Gasteiger partial charge >= 0.3 is 6.09 Å². The maximum atomic E-state index is 12.2. The first kappa shape index (κ1) is 20.0. The van der Waals surface area contributed by atoms with Gasteiger partial charge in [-0.3, -0.25) is 0 Å². The second kappa shape index (κ2) is 9.28. The Kier molecular flexibility index (Phi) is 8.06. The van der Waals surface area contributed by atoms with Crippen molar-refractivity contribution in [1.82, 2.24) is 10.2 Å². The highest BCUT2D eigenvalue weighted by atomic mass is 32.1. The molecule has 0 aliphatic rings. The first-order chi connectivity index (χ1) is 10.8. The fourth-order valence-electron chi connectivity index (χ4n) is 2.22. The van der Waals surface area contributed by atoms with Crippen molar-refractivity contribution in [3.8, 4) is 0 Å².